The van der Waals surface area contributed by atoms with Crippen LogP contribution in [0.4, 0.5) is 4.79 Å². The van der Waals surface area contributed by atoms with Crippen LogP contribution in [0.3, 0.4) is 0 Å². The second-order valence-corrected chi connectivity index (χ2v) is 8.14. The van der Waals surface area contributed by atoms with E-state index in [1.807, 2.05) is 0 Å². The second-order valence-electron chi connectivity index (χ2n) is 7.15. The number of nitrogens with one attached hydrogen (secondary N) is 3. The highest BCUT2D eigenvalue weighted by Crippen LogP contribution is 2.22. The molecule has 0 aromatic rings. The number of amides is 2. The number of carboxylic acid groups (broad SMARTS) is 1. The van der Waals surface area contributed by atoms with Crippen LogP contribution in [0.5, 0.6) is 0 Å². The zero-order valence-electron chi connectivity index (χ0n) is 19.1. The van der Waals surface area contributed by atoms with Crippen LogP contribution in [0.25, 0.3) is 0 Å². The molecule has 2 aliphatic carbocycles. The predicted octanol–water partition coefficient (Wildman–Crippen LogP) is 2.89. The van der Waals surface area contributed by atoms with Crippen molar-refractivity contribution in [3.8, 4) is 0 Å². The van der Waals surface area contributed by atoms with Gasteiger partial charge in [0.25, 0.3) is 5.24 Å². The van der Waals surface area contributed by atoms with Crippen LogP contribution in [0.15, 0.2) is 0 Å². The summed E-state index contributed by atoms with van der Waals surface area (Å²) in [4.78, 5) is 32.4. The third kappa shape index (κ3) is 11.2. The first-order valence-corrected chi connectivity index (χ1v) is 10.8. The first-order chi connectivity index (χ1) is 14.1. The second kappa shape index (κ2) is 13.8. The topological polar surface area (TPSA) is 108 Å². The molecular formula is C19H35N3O4S. The van der Waals surface area contributed by atoms with Crippen molar-refractivity contribution >= 4 is 28.9 Å². The summed E-state index contributed by atoms with van der Waals surface area (Å²) in [7, 11) is 0. The summed E-state index contributed by atoms with van der Waals surface area (Å²) in [5, 5.41) is 15.5. The van der Waals surface area contributed by atoms with E-state index >= 15 is 0 Å². The van der Waals surface area contributed by atoms with Crippen molar-refractivity contribution in [3.63, 3.8) is 0 Å². The van der Waals surface area contributed by atoms with E-state index in [1.165, 1.54) is 64.2 Å². The Morgan fingerprint density at radius 1 is 1.04 bits per heavy atom. The van der Waals surface area contributed by atoms with Gasteiger partial charge < -0.3 is 21.1 Å². The van der Waals surface area contributed by atoms with Gasteiger partial charge >= 0.3 is 5.97 Å². The van der Waals surface area contributed by atoms with E-state index in [9.17, 15) is 14.4 Å². The molecule has 0 aromatic carbocycles. The molecule has 0 spiro atoms. The van der Waals surface area contributed by atoms with Crippen LogP contribution in [0.1, 0.15) is 75.2 Å². The van der Waals surface area contributed by atoms with E-state index < -0.39 is 30.1 Å². The summed E-state index contributed by atoms with van der Waals surface area (Å²) in [5.41, 5.74) is 0. The quantitative estimate of drug-likeness (QED) is 0.542. The summed E-state index contributed by atoms with van der Waals surface area (Å²) in [6, 6.07) is 0.508. The molecule has 2 saturated carbocycles. The third-order valence-corrected chi connectivity index (χ3v) is 5.70. The Balaban J connectivity index is 0.000000308. The lowest BCUT2D eigenvalue weighted by molar-refractivity contribution is -0.140. The van der Waals surface area contributed by atoms with E-state index in [0.29, 0.717) is 11.8 Å². The molecular weight excluding hydrogens is 366 g/mol. The molecule has 0 heterocycles. The van der Waals surface area contributed by atoms with Gasteiger partial charge in [-0.2, -0.15) is 0 Å². The molecule has 0 saturated heterocycles. The Bertz CT molecular complexity index is 536. The third-order valence-electron chi connectivity index (χ3n) is 4.84. The van der Waals surface area contributed by atoms with Crippen molar-refractivity contribution in [1.29, 1.82) is 0 Å². The Hall–Kier alpha value is -1.28. The lowest BCUT2D eigenvalue weighted by Gasteiger charge is -2.30. The van der Waals surface area contributed by atoms with Gasteiger partial charge in [0.2, 0.25) is 5.91 Å². The maximum Gasteiger partial charge on any atom is 0.327 e. The first-order valence-electron chi connectivity index (χ1n) is 11.3. The number of aliphatic carboxylic acids is 1. The van der Waals surface area contributed by atoms with E-state index in [1.54, 1.807) is 5.32 Å². The van der Waals surface area contributed by atoms with Crippen molar-refractivity contribution in [2.75, 3.05) is 12.7 Å². The van der Waals surface area contributed by atoms with Gasteiger partial charge in [0.15, 0.2) is 0 Å². The fourth-order valence-electron chi connectivity index (χ4n) is 3.49. The molecule has 2 fully saturated rings. The minimum Gasteiger partial charge on any atom is -0.480 e. The standard InChI is InChI=1S/C12H23N.C7H12N2O4S/c1-3-7-11(8-4-1)13-12-9-5-2-6-10-12;1-4(10)9-5(6(11)12)3-14-7(13)8-2/h11-13H,1-10H2;5H,3H2,1-2H3,(H,8,13)(H,9,10)(H,11,12)/t;5-/m.0/s1/i;2D3. The van der Waals surface area contributed by atoms with Gasteiger partial charge in [-0.3, -0.25) is 9.59 Å². The van der Waals surface area contributed by atoms with E-state index in [4.69, 9.17) is 9.22 Å². The number of hydrogen-bond acceptors (Lipinski definition) is 5. The molecule has 0 aromatic heterocycles. The Kier molecular flexibility index (Phi) is 9.76. The lowest BCUT2D eigenvalue weighted by Crippen LogP contribution is -2.41. The molecule has 2 rings (SSSR count). The van der Waals surface area contributed by atoms with Gasteiger partial charge in [-0.05, 0) is 25.7 Å². The van der Waals surface area contributed by atoms with Crippen LogP contribution in [-0.4, -0.2) is 53.1 Å². The van der Waals surface area contributed by atoms with Crippen LogP contribution in [0.2, 0.25) is 0 Å². The molecule has 0 bridgehead atoms. The Labute approximate surface area is 171 Å². The van der Waals surface area contributed by atoms with Crippen molar-refractivity contribution in [2.45, 2.75) is 89.3 Å². The first kappa shape index (κ1) is 19.1. The molecule has 2 amide bonds. The lowest BCUT2D eigenvalue weighted by atomic mass is 9.91. The highest BCUT2D eigenvalue weighted by Gasteiger charge is 2.20. The fourth-order valence-corrected chi connectivity index (χ4v) is 4.10. The maximum atomic E-state index is 11.1. The van der Waals surface area contributed by atoms with Gasteiger partial charge in [0.05, 0.1) is 0 Å². The average Bonchev–Trinajstić information content (AvgIpc) is 2.65. The molecule has 7 nitrogen and oxygen atoms in total. The number of thioether (sulfide) groups is 1. The van der Waals surface area contributed by atoms with E-state index in [0.717, 1.165) is 19.0 Å². The normalized spacial score (nSPS) is 21.4. The number of carboxylic acids is 1. The van der Waals surface area contributed by atoms with Gasteiger partial charge in [0.1, 0.15) is 6.04 Å². The van der Waals surface area contributed by atoms with Crippen LogP contribution in [0, 0.1) is 0 Å². The Morgan fingerprint density at radius 2 is 1.56 bits per heavy atom. The molecule has 0 aliphatic heterocycles. The summed E-state index contributed by atoms with van der Waals surface area (Å²) in [6.07, 6.45) is 14.6. The van der Waals surface area contributed by atoms with Gasteiger partial charge in [0, 0.05) is 35.8 Å². The molecule has 0 radical (unpaired) electrons. The van der Waals surface area contributed by atoms with Crippen molar-refractivity contribution < 1.29 is 23.6 Å². The number of carbonyl (C=O) groups is 3. The summed E-state index contributed by atoms with van der Waals surface area (Å²) >= 11 is 0.476. The predicted molar refractivity (Wildman–Crippen MR) is 109 cm³/mol. The van der Waals surface area contributed by atoms with E-state index in [2.05, 4.69) is 10.6 Å². The van der Waals surface area contributed by atoms with Crippen LogP contribution in [-0.2, 0) is 9.59 Å². The maximum absolute atomic E-state index is 11.1. The van der Waals surface area contributed by atoms with Crippen molar-refractivity contribution in [2.24, 2.45) is 0 Å². The summed E-state index contributed by atoms with van der Waals surface area (Å²) < 4.78 is 20.2. The summed E-state index contributed by atoms with van der Waals surface area (Å²) in [5.74, 6) is -2.10. The molecule has 1 atom stereocenters. The highest BCUT2D eigenvalue weighted by atomic mass is 32.2. The molecule has 0 unspecified atom stereocenters. The zero-order valence-corrected chi connectivity index (χ0v) is 16.9. The highest BCUT2D eigenvalue weighted by molar-refractivity contribution is 8.13. The largest absolute Gasteiger partial charge is 0.480 e. The minimum absolute atomic E-state index is 0.253. The van der Waals surface area contributed by atoms with Gasteiger partial charge in [-0.1, -0.05) is 50.3 Å². The smallest absolute Gasteiger partial charge is 0.327 e. The fraction of sp³-hybridized carbons (Fsp3) is 0.842. The Morgan fingerprint density at radius 3 is 1.96 bits per heavy atom. The van der Waals surface area contributed by atoms with Crippen molar-refractivity contribution in [3.05, 3.63) is 0 Å². The average molecular weight is 405 g/mol. The van der Waals surface area contributed by atoms with Gasteiger partial charge in [-0.25, -0.2) is 4.79 Å². The van der Waals surface area contributed by atoms with E-state index in [-0.39, 0.29) is 5.75 Å². The molecule has 27 heavy (non-hydrogen) atoms. The SMILES string of the molecule is C1CCC(NC2CCCCC2)CC1.[2H]C([2H])([2H])NC(=O)SC[C@H](NC(C)=O)C(=O)O. The monoisotopic (exact) mass is 404 g/mol. The number of carbonyl (C=O) groups excluding carboxylic acids is 2. The van der Waals surface area contributed by atoms with Gasteiger partial charge in [-0.15, -0.1) is 0 Å². The van der Waals surface area contributed by atoms with Crippen LogP contribution < -0.4 is 16.0 Å². The molecule has 2 aliphatic rings. The minimum atomic E-state index is -2.61. The number of rotatable bonds is 6. The molecule has 8 heteroatoms. The zero-order chi connectivity index (χ0) is 22.6. The van der Waals surface area contributed by atoms with Crippen LogP contribution >= 0.6 is 11.8 Å². The molecule has 156 valence electrons. The molecule has 4 N–H and O–H groups in total. The van der Waals surface area contributed by atoms with Crippen molar-refractivity contribution in [1.82, 2.24) is 16.0 Å². The summed E-state index contributed by atoms with van der Waals surface area (Å²) in [6.45, 7) is -1.47. The number of hydrogen-bond donors (Lipinski definition) is 4.